The van der Waals surface area contributed by atoms with Crippen LogP contribution in [0.2, 0.25) is 0 Å². The number of rotatable bonds is 4. The SMILES string of the molecule is Cl.Cl.NC[C@H]1CC[C@@H](C(=O)Nc2ccccc2-n2ccnc2)O1. The van der Waals surface area contributed by atoms with E-state index in [0.717, 1.165) is 17.8 Å². The van der Waals surface area contributed by atoms with Crippen molar-refractivity contribution in [1.29, 1.82) is 0 Å². The van der Waals surface area contributed by atoms with Crippen LogP contribution in [0.5, 0.6) is 0 Å². The highest BCUT2D eigenvalue weighted by molar-refractivity contribution is 5.96. The number of imidazole rings is 1. The highest BCUT2D eigenvalue weighted by atomic mass is 35.5. The summed E-state index contributed by atoms with van der Waals surface area (Å²) in [6.07, 6.45) is 6.34. The topological polar surface area (TPSA) is 82.2 Å². The summed E-state index contributed by atoms with van der Waals surface area (Å²) in [6.45, 7) is 0.454. The molecular weight excluding hydrogens is 339 g/mol. The van der Waals surface area contributed by atoms with E-state index in [4.69, 9.17) is 10.5 Å². The zero-order chi connectivity index (χ0) is 14.7. The number of benzene rings is 1. The summed E-state index contributed by atoms with van der Waals surface area (Å²) >= 11 is 0. The molecule has 0 bridgehead atoms. The lowest BCUT2D eigenvalue weighted by molar-refractivity contribution is -0.126. The lowest BCUT2D eigenvalue weighted by Gasteiger charge is -2.15. The van der Waals surface area contributed by atoms with Crippen LogP contribution in [0.15, 0.2) is 43.0 Å². The molecule has 1 aromatic carbocycles. The minimum atomic E-state index is -0.422. The third-order valence-corrected chi connectivity index (χ3v) is 3.61. The molecule has 0 spiro atoms. The standard InChI is InChI=1S/C15H18N4O2.2ClH/c16-9-11-5-6-14(21-11)15(20)18-12-3-1-2-4-13(12)19-8-7-17-10-19;;/h1-4,7-8,10-11,14H,5-6,9,16H2,(H,18,20);2*1H/t11-,14+;;/m1../s1. The molecular formula is C15H20Cl2N4O2. The van der Waals surface area contributed by atoms with E-state index in [0.29, 0.717) is 13.0 Å². The maximum Gasteiger partial charge on any atom is 0.253 e. The summed E-state index contributed by atoms with van der Waals surface area (Å²) in [7, 11) is 0. The van der Waals surface area contributed by atoms with Gasteiger partial charge in [0.15, 0.2) is 0 Å². The molecule has 8 heteroatoms. The number of nitrogens with zero attached hydrogens (tertiary/aromatic N) is 2. The van der Waals surface area contributed by atoms with Gasteiger partial charge in [0.05, 0.1) is 23.8 Å². The van der Waals surface area contributed by atoms with Gasteiger partial charge in [-0.25, -0.2) is 4.98 Å². The van der Waals surface area contributed by atoms with Gasteiger partial charge in [0.25, 0.3) is 5.91 Å². The van der Waals surface area contributed by atoms with Gasteiger partial charge < -0.3 is 20.4 Å². The number of halogens is 2. The number of nitrogens with two attached hydrogens (primary N) is 1. The van der Waals surface area contributed by atoms with Crippen LogP contribution in [0.4, 0.5) is 5.69 Å². The molecule has 126 valence electrons. The van der Waals surface area contributed by atoms with Gasteiger partial charge in [-0.05, 0) is 25.0 Å². The Labute approximate surface area is 147 Å². The van der Waals surface area contributed by atoms with Crippen LogP contribution in [0, 0.1) is 0 Å². The van der Waals surface area contributed by atoms with E-state index in [2.05, 4.69) is 10.3 Å². The summed E-state index contributed by atoms with van der Waals surface area (Å²) in [5.41, 5.74) is 7.18. The number of aromatic nitrogens is 2. The van der Waals surface area contributed by atoms with Crippen molar-refractivity contribution in [2.24, 2.45) is 5.73 Å². The predicted octanol–water partition coefficient (Wildman–Crippen LogP) is 2.16. The van der Waals surface area contributed by atoms with Gasteiger partial charge in [-0.2, -0.15) is 0 Å². The van der Waals surface area contributed by atoms with Crippen LogP contribution < -0.4 is 11.1 Å². The summed E-state index contributed by atoms with van der Waals surface area (Å²) in [5, 5.41) is 2.93. The molecule has 2 heterocycles. The molecule has 1 fully saturated rings. The highest BCUT2D eigenvalue weighted by Crippen LogP contribution is 2.23. The highest BCUT2D eigenvalue weighted by Gasteiger charge is 2.30. The van der Waals surface area contributed by atoms with E-state index in [-0.39, 0.29) is 36.8 Å². The van der Waals surface area contributed by atoms with Crippen molar-refractivity contribution < 1.29 is 9.53 Å². The molecule has 1 saturated heterocycles. The number of ether oxygens (including phenoxy) is 1. The van der Waals surface area contributed by atoms with E-state index in [1.54, 1.807) is 12.5 Å². The Morgan fingerprint density at radius 2 is 2.13 bits per heavy atom. The summed E-state index contributed by atoms with van der Waals surface area (Å²) in [5.74, 6) is -0.126. The molecule has 0 unspecified atom stereocenters. The molecule has 0 saturated carbocycles. The van der Waals surface area contributed by atoms with Crippen molar-refractivity contribution in [3.05, 3.63) is 43.0 Å². The smallest absolute Gasteiger partial charge is 0.253 e. The number of nitrogens with one attached hydrogen (secondary N) is 1. The normalized spacial score (nSPS) is 19.5. The fourth-order valence-corrected chi connectivity index (χ4v) is 2.49. The van der Waals surface area contributed by atoms with Gasteiger partial charge in [0, 0.05) is 18.9 Å². The molecule has 1 aliphatic rings. The maximum atomic E-state index is 12.3. The third kappa shape index (κ3) is 4.45. The first-order valence-corrected chi connectivity index (χ1v) is 7.01. The summed E-state index contributed by atoms with van der Waals surface area (Å²) in [4.78, 5) is 16.3. The first kappa shape index (κ1) is 19.4. The van der Waals surface area contributed by atoms with E-state index in [9.17, 15) is 4.79 Å². The molecule has 3 rings (SSSR count). The predicted molar refractivity (Wildman–Crippen MR) is 93.6 cm³/mol. The number of para-hydroxylation sites is 2. The molecule has 1 amide bonds. The van der Waals surface area contributed by atoms with Crippen LogP contribution in [-0.2, 0) is 9.53 Å². The molecule has 2 aromatic rings. The van der Waals surface area contributed by atoms with Gasteiger partial charge in [-0.3, -0.25) is 4.79 Å². The zero-order valence-electron chi connectivity index (χ0n) is 12.4. The van der Waals surface area contributed by atoms with Gasteiger partial charge in [0.2, 0.25) is 0 Å². The second-order valence-corrected chi connectivity index (χ2v) is 5.04. The van der Waals surface area contributed by atoms with Gasteiger partial charge in [-0.1, -0.05) is 12.1 Å². The number of amides is 1. The van der Waals surface area contributed by atoms with Crippen LogP contribution in [0.3, 0.4) is 0 Å². The van der Waals surface area contributed by atoms with Crippen molar-refractivity contribution in [2.45, 2.75) is 25.0 Å². The largest absolute Gasteiger partial charge is 0.364 e. The molecule has 0 radical (unpaired) electrons. The summed E-state index contributed by atoms with van der Waals surface area (Å²) in [6, 6.07) is 7.59. The second kappa shape index (κ2) is 8.88. The Balaban J connectivity index is 0.00000132. The number of anilines is 1. The number of carbonyl (C=O) groups excluding carboxylic acids is 1. The Hall–Kier alpha value is -1.60. The Morgan fingerprint density at radius 1 is 1.35 bits per heavy atom. The molecule has 2 atom stereocenters. The molecule has 1 aliphatic heterocycles. The molecule has 6 nitrogen and oxygen atoms in total. The minimum absolute atomic E-state index is 0. The van der Waals surface area contributed by atoms with Crippen molar-refractivity contribution in [1.82, 2.24) is 9.55 Å². The fraction of sp³-hybridized carbons (Fsp3) is 0.333. The van der Waals surface area contributed by atoms with Crippen molar-refractivity contribution in [3.8, 4) is 5.69 Å². The summed E-state index contributed by atoms with van der Waals surface area (Å²) < 4.78 is 7.47. The maximum absolute atomic E-state index is 12.3. The number of carbonyl (C=O) groups is 1. The van der Waals surface area contributed by atoms with E-state index >= 15 is 0 Å². The molecule has 3 N–H and O–H groups in total. The Morgan fingerprint density at radius 3 is 2.78 bits per heavy atom. The molecule has 23 heavy (non-hydrogen) atoms. The van der Waals surface area contributed by atoms with Crippen LogP contribution in [0.1, 0.15) is 12.8 Å². The molecule has 1 aromatic heterocycles. The Kier molecular flexibility index (Phi) is 7.51. The first-order chi connectivity index (χ1) is 10.3. The van der Waals surface area contributed by atoms with Crippen molar-refractivity contribution in [3.63, 3.8) is 0 Å². The molecule has 0 aliphatic carbocycles. The van der Waals surface area contributed by atoms with E-state index < -0.39 is 6.10 Å². The van der Waals surface area contributed by atoms with Crippen LogP contribution in [0.25, 0.3) is 5.69 Å². The van der Waals surface area contributed by atoms with E-state index in [1.807, 2.05) is 35.0 Å². The third-order valence-electron chi connectivity index (χ3n) is 3.61. The van der Waals surface area contributed by atoms with Gasteiger partial charge in [-0.15, -0.1) is 24.8 Å². The lowest BCUT2D eigenvalue weighted by atomic mass is 10.2. The Bertz CT molecular complexity index is 622. The van der Waals surface area contributed by atoms with Crippen LogP contribution >= 0.6 is 24.8 Å². The lowest BCUT2D eigenvalue weighted by Crippen LogP contribution is -2.30. The first-order valence-electron chi connectivity index (χ1n) is 7.01. The van der Waals surface area contributed by atoms with Crippen molar-refractivity contribution in [2.75, 3.05) is 11.9 Å². The van der Waals surface area contributed by atoms with Crippen LogP contribution in [-0.4, -0.2) is 34.2 Å². The van der Waals surface area contributed by atoms with Gasteiger partial charge >= 0.3 is 0 Å². The van der Waals surface area contributed by atoms with E-state index in [1.165, 1.54) is 0 Å². The fourth-order valence-electron chi connectivity index (χ4n) is 2.49. The zero-order valence-corrected chi connectivity index (χ0v) is 14.1. The quantitative estimate of drug-likeness (QED) is 0.877. The second-order valence-electron chi connectivity index (χ2n) is 5.04. The minimum Gasteiger partial charge on any atom is -0.364 e. The number of hydrogen-bond acceptors (Lipinski definition) is 4. The average molecular weight is 359 g/mol. The van der Waals surface area contributed by atoms with Gasteiger partial charge in [0.1, 0.15) is 6.10 Å². The monoisotopic (exact) mass is 358 g/mol. The number of hydrogen-bond donors (Lipinski definition) is 2. The average Bonchev–Trinajstić information content (AvgIpc) is 3.19. The van der Waals surface area contributed by atoms with Crippen molar-refractivity contribution >= 4 is 36.4 Å².